The highest BCUT2D eigenvalue weighted by Gasteiger charge is 2.08. The molecule has 1 heterocycles. The van der Waals surface area contributed by atoms with E-state index in [9.17, 15) is 0 Å². The quantitative estimate of drug-likeness (QED) is 0.542. The zero-order valence-electron chi connectivity index (χ0n) is 6.68. The van der Waals surface area contributed by atoms with Gasteiger partial charge < -0.3 is 5.32 Å². The average Bonchev–Trinajstić information content (AvgIpc) is 2.03. The molecule has 0 aromatic carbocycles. The van der Waals surface area contributed by atoms with Crippen molar-refractivity contribution >= 4 is 0 Å². The molecule has 2 nitrogen and oxygen atoms in total. The lowest BCUT2D eigenvalue weighted by Gasteiger charge is -2.25. The number of piperidine rings is 1. The Morgan fingerprint density at radius 1 is 1.20 bits per heavy atom. The van der Waals surface area contributed by atoms with Gasteiger partial charge in [-0.3, -0.25) is 4.90 Å². The third-order valence-corrected chi connectivity index (χ3v) is 2.10. The number of quaternary nitrogens is 1. The summed E-state index contributed by atoms with van der Waals surface area (Å²) in [7, 11) is 3.72. The number of rotatable bonds is 3. The van der Waals surface area contributed by atoms with Crippen molar-refractivity contribution in [3.63, 3.8) is 0 Å². The second-order valence-corrected chi connectivity index (χ2v) is 2.98. The Kier molecular flexibility index (Phi) is 3.76. The fraction of sp³-hybridized carbons (Fsp3) is 0.875. The second-order valence-electron chi connectivity index (χ2n) is 2.98. The third kappa shape index (κ3) is 2.67. The maximum Gasteiger partial charge on any atom is 0.0645 e. The minimum Gasteiger partial charge on any atom is -0.478 e. The highest BCUT2D eigenvalue weighted by atomic mass is 15.1. The summed E-state index contributed by atoms with van der Waals surface area (Å²) < 4.78 is 0. The summed E-state index contributed by atoms with van der Waals surface area (Å²) in [6, 6.07) is 0. The molecule has 1 aliphatic rings. The van der Waals surface area contributed by atoms with Crippen LogP contribution >= 0.6 is 0 Å². The molecule has 1 fully saturated rings. The lowest BCUT2D eigenvalue weighted by atomic mass is 10.1. The van der Waals surface area contributed by atoms with Crippen molar-refractivity contribution in [3.8, 4) is 0 Å². The van der Waals surface area contributed by atoms with E-state index in [0.29, 0.717) is 0 Å². The highest BCUT2D eigenvalue weighted by molar-refractivity contribution is 4.62. The van der Waals surface area contributed by atoms with Gasteiger partial charge in [-0.2, -0.15) is 7.05 Å². The number of nitrogens with two attached hydrogens (primary N) is 1. The summed E-state index contributed by atoms with van der Waals surface area (Å²) in [5, 5.41) is 2.01. The van der Waals surface area contributed by atoms with E-state index >= 15 is 0 Å². The van der Waals surface area contributed by atoms with E-state index in [1.54, 1.807) is 0 Å². The minimum atomic E-state index is 1.15. The van der Waals surface area contributed by atoms with Crippen LogP contribution in [0.5, 0.6) is 0 Å². The van der Waals surface area contributed by atoms with Gasteiger partial charge in [-0.05, 0) is 25.9 Å². The normalized spacial score (nSPS) is 21.3. The van der Waals surface area contributed by atoms with Crippen LogP contribution in [0.15, 0.2) is 0 Å². The van der Waals surface area contributed by atoms with Crippen LogP contribution in [0.3, 0.4) is 0 Å². The molecule has 0 amide bonds. The molecular weight excluding hydrogens is 124 g/mol. The van der Waals surface area contributed by atoms with Gasteiger partial charge in [0, 0.05) is 6.54 Å². The molecule has 0 atom stereocenters. The standard InChI is InChI=1S/C8H18N2/c1-9-5-8-10-6-3-2-4-7-10/h1-9H2. The van der Waals surface area contributed by atoms with Crippen molar-refractivity contribution in [1.82, 2.24) is 4.90 Å². The van der Waals surface area contributed by atoms with Gasteiger partial charge in [-0.15, -0.1) is 0 Å². The van der Waals surface area contributed by atoms with Crippen LogP contribution in [-0.4, -0.2) is 31.1 Å². The Labute approximate surface area is 63.6 Å². The van der Waals surface area contributed by atoms with Crippen LogP contribution in [0.2, 0.25) is 0 Å². The van der Waals surface area contributed by atoms with Crippen molar-refractivity contribution in [2.45, 2.75) is 19.3 Å². The Morgan fingerprint density at radius 2 is 1.90 bits per heavy atom. The van der Waals surface area contributed by atoms with Gasteiger partial charge in [0.05, 0.1) is 6.54 Å². The number of hydrogen-bond donors (Lipinski definition) is 1. The maximum absolute atomic E-state index is 3.72. The summed E-state index contributed by atoms with van der Waals surface area (Å²) in [6.07, 6.45) is 4.23. The van der Waals surface area contributed by atoms with Crippen LogP contribution in [-0.2, 0) is 0 Å². The van der Waals surface area contributed by atoms with Gasteiger partial charge in [0.1, 0.15) is 0 Å². The third-order valence-electron chi connectivity index (χ3n) is 2.10. The zero-order valence-corrected chi connectivity index (χ0v) is 6.68. The lowest BCUT2D eigenvalue weighted by molar-refractivity contribution is -0.595. The molecule has 10 heavy (non-hydrogen) atoms. The smallest absolute Gasteiger partial charge is 0.0645 e. The predicted molar refractivity (Wildman–Crippen MR) is 42.4 cm³/mol. The molecular formula is C8H18N2. The zero-order chi connectivity index (χ0) is 7.23. The molecule has 0 unspecified atom stereocenters. The van der Waals surface area contributed by atoms with E-state index in [2.05, 4.69) is 11.9 Å². The van der Waals surface area contributed by atoms with Crippen LogP contribution < -0.4 is 5.32 Å². The summed E-state index contributed by atoms with van der Waals surface area (Å²) in [5.74, 6) is 0. The van der Waals surface area contributed by atoms with Crippen LogP contribution in [0, 0.1) is 7.05 Å². The van der Waals surface area contributed by atoms with Crippen LogP contribution in [0.4, 0.5) is 0 Å². The van der Waals surface area contributed by atoms with Gasteiger partial charge in [0.25, 0.3) is 0 Å². The molecule has 1 rings (SSSR count). The van der Waals surface area contributed by atoms with Gasteiger partial charge in [-0.1, -0.05) is 6.42 Å². The summed E-state index contributed by atoms with van der Waals surface area (Å²) >= 11 is 0. The van der Waals surface area contributed by atoms with Crippen molar-refractivity contribution in [2.24, 2.45) is 0 Å². The molecule has 2 heteroatoms. The topological polar surface area (TPSA) is 19.9 Å². The molecule has 1 saturated heterocycles. The monoisotopic (exact) mass is 142 g/mol. The van der Waals surface area contributed by atoms with E-state index in [0.717, 1.165) is 6.54 Å². The van der Waals surface area contributed by atoms with Gasteiger partial charge in [-0.25, -0.2) is 0 Å². The highest BCUT2D eigenvalue weighted by Crippen LogP contribution is 2.06. The first kappa shape index (κ1) is 8.02. The van der Waals surface area contributed by atoms with Crippen molar-refractivity contribution < 1.29 is 5.32 Å². The Hall–Kier alpha value is -0.0800. The van der Waals surface area contributed by atoms with E-state index in [4.69, 9.17) is 0 Å². The molecule has 0 aromatic heterocycles. The Morgan fingerprint density at radius 3 is 2.50 bits per heavy atom. The molecule has 0 aromatic rings. The molecule has 2 N–H and O–H groups in total. The van der Waals surface area contributed by atoms with Crippen molar-refractivity contribution in [1.29, 1.82) is 0 Å². The molecule has 0 bridgehead atoms. The van der Waals surface area contributed by atoms with Crippen LogP contribution in [0.1, 0.15) is 19.3 Å². The summed E-state index contributed by atoms with van der Waals surface area (Å²) in [6.45, 7) is 5.01. The van der Waals surface area contributed by atoms with E-state index < -0.39 is 0 Å². The first-order chi connectivity index (χ1) is 4.93. The van der Waals surface area contributed by atoms with Crippen molar-refractivity contribution in [2.75, 3.05) is 26.2 Å². The molecule has 1 aliphatic heterocycles. The number of hydrogen-bond acceptors (Lipinski definition) is 1. The Balaban J connectivity index is 2.02. The maximum atomic E-state index is 3.72. The molecule has 60 valence electrons. The van der Waals surface area contributed by atoms with Gasteiger partial charge in [0.2, 0.25) is 0 Å². The Bertz CT molecular complexity index is 77.3. The first-order valence-electron chi connectivity index (χ1n) is 4.27. The summed E-state index contributed by atoms with van der Waals surface area (Å²) in [4.78, 5) is 2.53. The molecule has 0 aliphatic carbocycles. The van der Waals surface area contributed by atoms with E-state index in [1.807, 2.05) is 5.32 Å². The SMILES string of the molecule is [CH2-][NH2+]CCN1CCCCC1. The fourth-order valence-electron chi connectivity index (χ4n) is 1.46. The molecule has 0 spiro atoms. The number of likely N-dealkylation sites (tertiary alicyclic amines) is 1. The largest absolute Gasteiger partial charge is 0.478 e. The summed E-state index contributed by atoms with van der Waals surface area (Å²) in [5.41, 5.74) is 0. The minimum absolute atomic E-state index is 1.15. The van der Waals surface area contributed by atoms with E-state index in [1.165, 1.54) is 38.9 Å². The molecule has 0 saturated carbocycles. The first-order valence-corrected chi connectivity index (χ1v) is 4.27. The average molecular weight is 142 g/mol. The second kappa shape index (κ2) is 4.69. The number of nitrogens with zero attached hydrogens (tertiary/aromatic N) is 1. The van der Waals surface area contributed by atoms with Gasteiger partial charge in [0.15, 0.2) is 0 Å². The van der Waals surface area contributed by atoms with E-state index in [-0.39, 0.29) is 0 Å². The fourth-order valence-corrected chi connectivity index (χ4v) is 1.46. The predicted octanol–water partition coefficient (Wildman–Crippen LogP) is -0.173. The van der Waals surface area contributed by atoms with Gasteiger partial charge >= 0.3 is 0 Å². The van der Waals surface area contributed by atoms with Crippen molar-refractivity contribution in [3.05, 3.63) is 7.05 Å². The molecule has 0 radical (unpaired) electrons. The van der Waals surface area contributed by atoms with Crippen LogP contribution in [0.25, 0.3) is 0 Å². The lowest BCUT2D eigenvalue weighted by Crippen LogP contribution is -2.78.